The second-order valence-corrected chi connectivity index (χ2v) is 8.29. The van der Waals surface area contributed by atoms with Crippen LogP contribution in [0.25, 0.3) is 21.3 Å². The molecule has 4 aromatic rings. The number of thiazole rings is 1. The highest BCUT2D eigenvalue weighted by atomic mass is 32.2. The smallest absolute Gasteiger partial charge is 0.236 e. The summed E-state index contributed by atoms with van der Waals surface area (Å²) in [4.78, 5) is 21.7. The monoisotopic (exact) mass is 396 g/mol. The van der Waals surface area contributed by atoms with Crippen molar-refractivity contribution in [2.75, 3.05) is 11.1 Å². The number of aryl methyl sites for hydroxylation is 2. The number of anilines is 1. The van der Waals surface area contributed by atoms with E-state index >= 15 is 0 Å². The average Bonchev–Trinajstić information content (AvgIpc) is 3.22. The van der Waals surface area contributed by atoms with Gasteiger partial charge in [-0.3, -0.25) is 4.79 Å². The fourth-order valence-electron chi connectivity index (χ4n) is 3.03. The Morgan fingerprint density at radius 2 is 2.04 bits per heavy atom. The zero-order chi connectivity index (χ0) is 18.8. The van der Waals surface area contributed by atoms with Crippen molar-refractivity contribution >= 4 is 55.4 Å². The van der Waals surface area contributed by atoms with Crippen molar-refractivity contribution in [2.45, 2.75) is 32.0 Å². The molecule has 0 spiro atoms. The lowest BCUT2D eigenvalue weighted by Gasteiger charge is -2.07. The van der Waals surface area contributed by atoms with Gasteiger partial charge in [-0.25, -0.2) is 9.97 Å². The number of nitrogens with one attached hydrogen (secondary N) is 1. The average molecular weight is 397 g/mol. The molecular formula is C20H20N4OS2. The van der Waals surface area contributed by atoms with Gasteiger partial charge in [0.1, 0.15) is 0 Å². The number of imidazole rings is 1. The quantitative estimate of drug-likeness (QED) is 0.461. The number of benzene rings is 2. The highest BCUT2D eigenvalue weighted by molar-refractivity contribution is 7.99. The van der Waals surface area contributed by atoms with Crippen molar-refractivity contribution in [3.05, 3.63) is 48.0 Å². The van der Waals surface area contributed by atoms with E-state index in [1.807, 2.05) is 43.3 Å². The molecule has 0 aliphatic heterocycles. The van der Waals surface area contributed by atoms with Gasteiger partial charge >= 0.3 is 0 Å². The molecule has 2 heterocycles. The number of nitrogens with zero attached hydrogens (tertiary/aromatic N) is 3. The first-order valence-corrected chi connectivity index (χ1v) is 10.7. The second kappa shape index (κ2) is 7.70. The highest BCUT2D eigenvalue weighted by Gasteiger charge is 2.14. The van der Waals surface area contributed by atoms with Crippen LogP contribution in [0.3, 0.4) is 0 Å². The SMILES string of the molecule is CCCn1c(SCC(=O)Nc2nc3c(C)cccc3s2)nc2ccccc21. The molecule has 2 aromatic heterocycles. The third kappa shape index (κ3) is 3.70. The van der Waals surface area contributed by atoms with E-state index in [0.717, 1.165) is 44.9 Å². The molecule has 0 unspecified atom stereocenters. The van der Waals surface area contributed by atoms with E-state index < -0.39 is 0 Å². The number of carbonyl (C=O) groups is 1. The van der Waals surface area contributed by atoms with Gasteiger partial charge in [-0.15, -0.1) is 0 Å². The van der Waals surface area contributed by atoms with Gasteiger partial charge in [0.05, 0.1) is 27.0 Å². The van der Waals surface area contributed by atoms with Crippen LogP contribution < -0.4 is 5.32 Å². The van der Waals surface area contributed by atoms with Crippen molar-refractivity contribution < 1.29 is 4.79 Å². The van der Waals surface area contributed by atoms with Crippen molar-refractivity contribution in [1.29, 1.82) is 0 Å². The Bertz CT molecular complexity index is 1120. The molecule has 1 amide bonds. The third-order valence-electron chi connectivity index (χ3n) is 4.27. The molecule has 0 saturated heterocycles. The van der Waals surface area contributed by atoms with Crippen molar-refractivity contribution in [2.24, 2.45) is 0 Å². The lowest BCUT2D eigenvalue weighted by molar-refractivity contribution is -0.113. The summed E-state index contributed by atoms with van der Waals surface area (Å²) in [5, 5.41) is 4.45. The molecule has 0 radical (unpaired) electrons. The van der Waals surface area contributed by atoms with Crippen LogP contribution in [-0.2, 0) is 11.3 Å². The number of para-hydroxylation sites is 3. The number of aromatic nitrogens is 3. The van der Waals surface area contributed by atoms with Gasteiger partial charge in [0.2, 0.25) is 5.91 Å². The van der Waals surface area contributed by atoms with E-state index in [9.17, 15) is 4.79 Å². The minimum atomic E-state index is -0.0631. The first-order chi connectivity index (χ1) is 13.2. The molecule has 1 N–H and O–H groups in total. The normalized spacial score (nSPS) is 11.3. The predicted octanol–water partition coefficient (Wildman–Crippen LogP) is 5.10. The summed E-state index contributed by atoms with van der Waals surface area (Å²) >= 11 is 2.97. The Hall–Kier alpha value is -2.38. The fourth-order valence-corrected chi connectivity index (χ4v) is 4.83. The summed E-state index contributed by atoms with van der Waals surface area (Å²) in [5.41, 5.74) is 4.15. The second-order valence-electron chi connectivity index (χ2n) is 6.31. The molecule has 5 nitrogen and oxygen atoms in total. The molecule has 4 rings (SSSR count). The lowest BCUT2D eigenvalue weighted by Crippen LogP contribution is -2.14. The topological polar surface area (TPSA) is 59.8 Å². The van der Waals surface area contributed by atoms with E-state index in [1.54, 1.807) is 0 Å². The molecule has 0 aliphatic rings. The molecule has 138 valence electrons. The largest absolute Gasteiger partial charge is 0.319 e. The van der Waals surface area contributed by atoms with Crippen LogP contribution in [0, 0.1) is 6.92 Å². The Labute approximate surface area is 165 Å². The molecule has 0 fully saturated rings. The van der Waals surface area contributed by atoms with Gasteiger partial charge in [-0.05, 0) is 37.1 Å². The van der Waals surface area contributed by atoms with Crippen molar-refractivity contribution in [3.8, 4) is 0 Å². The number of carbonyl (C=O) groups excluding carboxylic acids is 1. The number of hydrogen-bond acceptors (Lipinski definition) is 5. The van der Waals surface area contributed by atoms with Crippen LogP contribution in [0.15, 0.2) is 47.6 Å². The fraction of sp³-hybridized carbons (Fsp3) is 0.250. The molecule has 0 saturated carbocycles. The molecule has 0 aliphatic carbocycles. The predicted molar refractivity (Wildman–Crippen MR) is 114 cm³/mol. The molecular weight excluding hydrogens is 376 g/mol. The summed E-state index contributed by atoms with van der Waals surface area (Å²) in [6, 6.07) is 14.2. The summed E-state index contributed by atoms with van der Waals surface area (Å²) < 4.78 is 3.27. The Morgan fingerprint density at radius 1 is 1.19 bits per heavy atom. The minimum absolute atomic E-state index is 0.0631. The molecule has 2 aromatic carbocycles. The zero-order valence-electron chi connectivity index (χ0n) is 15.2. The summed E-state index contributed by atoms with van der Waals surface area (Å²) in [6.07, 6.45) is 1.02. The summed E-state index contributed by atoms with van der Waals surface area (Å²) in [6.45, 7) is 5.06. The van der Waals surface area contributed by atoms with E-state index in [4.69, 9.17) is 0 Å². The maximum absolute atomic E-state index is 12.4. The molecule has 0 bridgehead atoms. The molecule has 7 heteroatoms. The van der Waals surface area contributed by atoms with Gasteiger partial charge in [0.15, 0.2) is 10.3 Å². The summed E-state index contributed by atoms with van der Waals surface area (Å²) in [5.74, 6) is 0.244. The van der Waals surface area contributed by atoms with Crippen LogP contribution in [0.5, 0.6) is 0 Å². The van der Waals surface area contributed by atoms with Gasteiger partial charge in [-0.1, -0.05) is 54.3 Å². The van der Waals surface area contributed by atoms with Gasteiger partial charge in [0, 0.05) is 6.54 Å². The lowest BCUT2D eigenvalue weighted by atomic mass is 10.2. The van der Waals surface area contributed by atoms with Crippen LogP contribution in [0.1, 0.15) is 18.9 Å². The zero-order valence-corrected chi connectivity index (χ0v) is 16.9. The minimum Gasteiger partial charge on any atom is -0.319 e. The molecule has 27 heavy (non-hydrogen) atoms. The molecule has 0 atom stereocenters. The van der Waals surface area contributed by atoms with E-state index in [2.05, 4.69) is 32.8 Å². The Kier molecular flexibility index (Phi) is 5.13. The van der Waals surface area contributed by atoms with Crippen LogP contribution in [0.2, 0.25) is 0 Å². The maximum Gasteiger partial charge on any atom is 0.236 e. The van der Waals surface area contributed by atoms with Crippen LogP contribution in [0.4, 0.5) is 5.13 Å². The highest BCUT2D eigenvalue weighted by Crippen LogP contribution is 2.29. The number of thioether (sulfide) groups is 1. The van der Waals surface area contributed by atoms with Crippen molar-refractivity contribution in [3.63, 3.8) is 0 Å². The van der Waals surface area contributed by atoms with E-state index in [-0.39, 0.29) is 5.91 Å². The third-order valence-corrected chi connectivity index (χ3v) is 6.18. The Balaban J connectivity index is 1.48. The first kappa shape index (κ1) is 18.0. The Morgan fingerprint density at radius 3 is 2.85 bits per heavy atom. The summed E-state index contributed by atoms with van der Waals surface area (Å²) in [7, 11) is 0. The van der Waals surface area contributed by atoms with Gasteiger partial charge in [0.25, 0.3) is 0 Å². The maximum atomic E-state index is 12.4. The van der Waals surface area contributed by atoms with Crippen LogP contribution in [-0.4, -0.2) is 26.2 Å². The number of amides is 1. The standard InChI is InChI=1S/C20H20N4OS2/c1-3-11-24-15-9-5-4-8-14(15)21-20(24)26-12-17(25)22-19-23-18-13(2)7-6-10-16(18)27-19/h4-10H,3,11-12H2,1-2H3,(H,22,23,25). The van der Waals surface area contributed by atoms with E-state index in [1.165, 1.54) is 23.1 Å². The number of fused-ring (bicyclic) bond motifs is 2. The number of hydrogen-bond donors (Lipinski definition) is 1. The van der Waals surface area contributed by atoms with Gasteiger partial charge in [-0.2, -0.15) is 0 Å². The number of rotatable bonds is 6. The van der Waals surface area contributed by atoms with Crippen molar-refractivity contribution in [1.82, 2.24) is 14.5 Å². The van der Waals surface area contributed by atoms with E-state index in [0.29, 0.717) is 10.9 Å². The van der Waals surface area contributed by atoms with Gasteiger partial charge < -0.3 is 9.88 Å². The first-order valence-electron chi connectivity index (χ1n) is 8.90. The van der Waals surface area contributed by atoms with Crippen LogP contribution >= 0.6 is 23.1 Å².